The first-order valence-electron chi connectivity index (χ1n) is 9.11. The van der Waals surface area contributed by atoms with Crippen LogP contribution in [0.4, 0.5) is 5.69 Å². The van der Waals surface area contributed by atoms with Gasteiger partial charge in [-0.05, 0) is 50.2 Å². The summed E-state index contributed by atoms with van der Waals surface area (Å²) in [5.41, 5.74) is 1.77. The van der Waals surface area contributed by atoms with Crippen molar-refractivity contribution in [3.8, 4) is 11.5 Å². The molecule has 0 atom stereocenters. The van der Waals surface area contributed by atoms with E-state index < -0.39 is 0 Å². The molecule has 0 saturated heterocycles. The minimum Gasteiger partial charge on any atom is -0.419 e. The van der Waals surface area contributed by atoms with Crippen molar-refractivity contribution >= 4 is 29.1 Å². The van der Waals surface area contributed by atoms with E-state index in [1.54, 1.807) is 41.3 Å². The molecule has 0 fully saturated rings. The van der Waals surface area contributed by atoms with Crippen LogP contribution in [0.3, 0.4) is 0 Å². The van der Waals surface area contributed by atoms with Crippen LogP contribution in [-0.4, -0.2) is 33.0 Å². The van der Waals surface area contributed by atoms with Crippen LogP contribution >= 0.6 is 11.6 Å². The Morgan fingerprint density at radius 1 is 1.10 bits per heavy atom. The Labute approximate surface area is 173 Å². The quantitative estimate of drug-likeness (QED) is 0.648. The first-order chi connectivity index (χ1) is 13.8. The van der Waals surface area contributed by atoms with Crippen molar-refractivity contribution in [2.45, 2.75) is 33.4 Å². The van der Waals surface area contributed by atoms with Gasteiger partial charge in [0.2, 0.25) is 17.7 Å². The van der Waals surface area contributed by atoms with Gasteiger partial charge in [0, 0.05) is 24.2 Å². The number of hydrogen-bond acceptors (Lipinski definition) is 5. The summed E-state index contributed by atoms with van der Waals surface area (Å²) in [6.45, 7) is 5.42. The zero-order valence-corrected chi connectivity index (χ0v) is 17.1. The van der Waals surface area contributed by atoms with Crippen LogP contribution in [-0.2, 0) is 11.3 Å². The number of anilines is 1. The highest BCUT2D eigenvalue weighted by atomic mass is 35.5. The van der Waals surface area contributed by atoms with Crippen molar-refractivity contribution in [1.82, 2.24) is 15.1 Å². The molecule has 0 unspecified atom stereocenters. The van der Waals surface area contributed by atoms with Crippen molar-refractivity contribution in [3.05, 3.63) is 65.0 Å². The smallest absolute Gasteiger partial charge is 0.254 e. The lowest BCUT2D eigenvalue weighted by atomic mass is 10.1. The highest BCUT2D eigenvalue weighted by molar-refractivity contribution is 6.33. The second-order valence-electron chi connectivity index (χ2n) is 6.77. The SMILES string of the molecule is CC(=O)Nc1ccc(C(=O)N(Cc2nnc(-c3ccccc3Cl)o2)C(C)C)cc1. The van der Waals surface area contributed by atoms with Crippen LogP contribution in [0.2, 0.25) is 5.02 Å². The summed E-state index contributed by atoms with van der Waals surface area (Å²) in [5, 5.41) is 11.3. The van der Waals surface area contributed by atoms with E-state index in [1.807, 2.05) is 26.0 Å². The molecule has 0 aliphatic rings. The van der Waals surface area contributed by atoms with Gasteiger partial charge in [-0.3, -0.25) is 9.59 Å². The monoisotopic (exact) mass is 412 g/mol. The second-order valence-corrected chi connectivity index (χ2v) is 7.17. The molecule has 0 aliphatic heterocycles. The average molecular weight is 413 g/mol. The Morgan fingerprint density at radius 2 is 1.79 bits per heavy atom. The Balaban J connectivity index is 1.78. The van der Waals surface area contributed by atoms with Gasteiger partial charge in [-0.2, -0.15) is 0 Å². The Kier molecular flexibility index (Phi) is 6.29. The standard InChI is InChI=1S/C21H21ClN4O3/c1-13(2)26(21(28)15-8-10-16(11-9-15)23-14(3)27)12-19-24-25-20(29-19)17-6-4-5-7-18(17)22/h4-11,13H,12H2,1-3H3,(H,23,27). The highest BCUT2D eigenvalue weighted by Crippen LogP contribution is 2.26. The molecule has 8 heteroatoms. The van der Waals surface area contributed by atoms with Crippen molar-refractivity contribution in [2.24, 2.45) is 0 Å². The maximum absolute atomic E-state index is 13.0. The molecule has 3 rings (SSSR count). The normalized spacial score (nSPS) is 10.8. The molecule has 7 nitrogen and oxygen atoms in total. The molecule has 2 aromatic carbocycles. The van der Waals surface area contributed by atoms with Crippen molar-refractivity contribution in [1.29, 1.82) is 0 Å². The summed E-state index contributed by atoms with van der Waals surface area (Å²) in [6.07, 6.45) is 0. The second kappa shape index (κ2) is 8.87. The van der Waals surface area contributed by atoms with E-state index in [0.29, 0.717) is 33.6 Å². The average Bonchev–Trinajstić information content (AvgIpc) is 3.14. The zero-order valence-electron chi connectivity index (χ0n) is 16.3. The van der Waals surface area contributed by atoms with Gasteiger partial charge in [0.25, 0.3) is 5.91 Å². The molecule has 0 bridgehead atoms. The van der Waals surface area contributed by atoms with Crippen molar-refractivity contribution < 1.29 is 14.0 Å². The van der Waals surface area contributed by atoms with Crippen molar-refractivity contribution in [3.63, 3.8) is 0 Å². The van der Waals surface area contributed by atoms with Crippen LogP contribution in [0.1, 0.15) is 37.0 Å². The molecule has 29 heavy (non-hydrogen) atoms. The largest absolute Gasteiger partial charge is 0.419 e. The van der Waals surface area contributed by atoms with E-state index in [4.69, 9.17) is 16.0 Å². The summed E-state index contributed by atoms with van der Waals surface area (Å²) >= 11 is 6.18. The lowest BCUT2D eigenvalue weighted by Crippen LogP contribution is -2.36. The molecule has 0 radical (unpaired) electrons. The van der Waals surface area contributed by atoms with Gasteiger partial charge < -0.3 is 14.6 Å². The number of hydrogen-bond donors (Lipinski definition) is 1. The van der Waals surface area contributed by atoms with Gasteiger partial charge in [-0.1, -0.05) is 23.7 Å². The number of carbonyl (C=O) groups is 2. The first-order valence-corrected chi connectivity index (χ1v) is 9.49. The van der Waals surface area contributed by atoms with Gasteiger partial charge in [-0.25, -0.2) is 0 Å². The number of benzene rings is 2. The first kappa shape index (κ1) is 20.5. The number of rotatable bonds is 6. The van der Waals surface area contributed by atoms with Gasteiger partial charge in [0.05, 0.1) is 17.1 Å². The van der Waals surface area contributed by atoms with Gasteiger partial charge in [0.1, 0.15) is 0 Å². The lowest BCUT2D eigenvalue weighted by Gasteiger charge is -2.25. The molecule has 1 N–H and O–H groups in total. The molecule has 1 heterocycles. The molecule has 150 valence electrons. The van der Waals surface area contributed by atoms with E-state index in [2.05, 4.69) is 15.5 Å². The third kappa shape index (κ3) is 5.00. The maximum atomic E-state index is 13.0. The summed E-state index contributed by atoms with van der Waals surface area (Å²) in [6, 6.07) is 13.8. The molecule has 2 amide bonds. The molecule has 0 saturated carbocycles. The molecular formula is C21H21ClN4O3. The lowest BCUT2D eigenvalue weighted by molar-refractivity contribution is -0.114. The molecule has 1 aromatic heterocycles. The van der Waals surface area contributed by atoms with E-state index in [-0.39, 0.29) is 24.4 Å². The van der Waals surface area contributed by atoms with Crippen molar-refractivity contribution in [2.75, 3.05) is 5.32 Å². The minimum absolute atomic E-state index is 0.0896. The van der Waals surface area contributed by atoms with Gasteiger partial charge in [0.15, 0.2) is 0 Å². The predicted molar refractivity (Wildman–Crippen MR) is 110 cm³/mol. The van der Waals surface area contributed by atoms with Crippen LogP contribution in [0.5, 0.6) is 0 Å². The Bertz CT molecular complexity index is 1010. The number of amides is 2. The van der Waals surface area contributed by atoms with Crippen LogP contribution in [0.25, 0.3) is 11.5 Å². The van der Waals surface area contributed by atoms with Gasteiger partial charge >= 0.3 is 0 Å². The molecular weight excluding hydrogens is 392 g/mol. The number of nitrogens with zero attached hydrogens (tertiary/aromatic N) is 3. The van der Waals surface area contributed by atoms with Gasteiger partial charge in [-0.15, -0.1) is 10.2 Å². The van der Waals surface area contributed by atoms with E-state index in [0.717, 1.165) is 0 Å². The fourth-order valence-electron chi connectivity index (χ4n) is 2.76. The topological polar surface area (TPSA) is 88.3 Å². The van der Waals surface area contributed by atoms with E-state index in [9.17, 15) is 9.59 Å². The number of carbonyl (C=O) groups excluding carboxylic acids is 2. The Morgan fingerprint density at radius 3 is 2.41 bits per heavy atom. The Hall–Kier alpha value is -3.19. The number of nitrogens with one attached hydrogen (secondary N) is 1. The van der Waals surface area contributed by atoms with Crippen LogP contribution < -0.4 is 5.32 Å². The van der Waals surface area contributed by atoms with Crippen LogP contribution in [0, 0.1) is 0 Å². The minimum atomic E-state index is -0.174. The summed E-state index contributed by atoms with van der Waals surface area (Å²) in [4.78, 5) is 25.8. The maximum Gasteiger partial charge on any atom is 0.254 e. The molecule has 3 aromatic rings. The van der Waals surface area contributed by atoms with E-state index in [1.165, 1.54) is 6.92 Å². The summed E-state index contributed by atoms with van der Waals surface area (Å²) < 4.78 is 5.73. The zero-order chi connectivity index (χ0) is 21.0. The fraction of sp³-hybridized carbons (Fsp3) is 0.238. The fourth-order valence-corrected chi connectivity index (χ4v) is 2.98. The summed E-state index contributed by atoms with van der Waals surface area (Å²) in [5.74, 6) is 0.281. The van der Waals surface area contributed by atoms with Crippen LogP contribution in [0.15, 0.2) is 52.9 Å². The van der Waals surface area contributed by atoms with E-state index >= 15 is 0 Å². The summed E-state index contributed by atoms with van der Waals surface area (Å²) in [7, 11) is 0. The highest BCUT2D eigenvalue weighted by Gasteiger charge is 2.22. The third-order valence-corrected chi connectivity index (χ3v) is 4.54. The predicted octanol–water partition coefficient (Wildman–Crippen LogP) is 4.40. The number of halogens is 1. The molecule has 0 aliphatic carbocycles. The molecule has 0 spiro atoms. The number of aromatic nitrogens is 2. The third-order valence-electron chi connectivity index (χ3n) is 4.21.